The number of aromatic amines is 1. The smallest absolute Gasteiger partial charge is 0.287 e. The summed E-state index contributed by atoms with van der Waals surface area (Å²) in [5.41, 5.74) is 0.982. The molecule has 7 heteroatoms. The van der Waals surface area contributed by atoms with Gasteiger partial charge < -0.3 is 10.3 Å². The molecular formula is C12H10BrN3O3. The maximum atomic E-state index is 11.7. The summed E-state index contributed by atoms with van der Waals surface area (Å²) in [6, 6.07) is 8.71. The van der Waals surface area contributed by atoms with Crippen molar-refractivity contribution in [2.75, 3.05) is 0 Å². The summed E-state index contributed by atoms with van der Waals surface area (Å²) in [7, 11) is 0. The van der Waals surface area contributed by atoms with Crippen LogP contribution in [-0.4, -0.2) is 15.8 Å². The van der Waals surface area contributed by atoms with Gasteiger partial charge in [0.05, 0.1) is 11.1 Å². The number of H-pyrrole nitrogens is 1. The van der Waals surface area contributed by atoms with Crippen LogP contribution in [0.1, 0.15) is 16.1 Å². The van der Waals surface area contributed by atoms with Crippen molar-refractivity contribution in [3.63, 3.8) is 0 Å². The van der Waals surface area contributed by atoms with E-state index in [0.29, 0.717) is 6.54 Å². The number of rotatable bonds is 4. The molecule has 98 valence electrons. The van der Waals surface area contributed by atoms with Gasteiger partial charge in [0, 0.05) is 17.1 Å². The van der Waals surface area contributed by atoms with E-state index in [9.17, 15) is 14.9 Å². The number of hydrogen-bond donors (Lipinski definition) is 2. The Morgan fingerprint density at radius 3 is 2.63 bits per heavy atom. The number of amides is 1. The molecule has 0 spiro atoms. The third-order valence-electron chi connectivity index (χ3n) is 2.49. The summed E-state index contributed by atoms with van der Waals surface area (Å²) in [6.45, 7) is 0.360. The van der Waals surface area contributed by atoms with E-state index in [0.717, 1.165) is 10.0 Å². The molecule has 1 amide bonds. The minimum Gasteiger partial charge on any atom is -0.351 e. The minimum absolute atomic E-state index is 0.131. The second-order valence-corrected chi connectivity index (χ2v) is 4.75. The second-order valence-electron chi connectivity index (χ2n) is 3.84. The zero-order chi connectivity index (χ0) is 13.8. The highest BCUT2D eigenvalue weighted by atomic mass is 79.9. The van der Waals surface area contributed by atoms with Gasteiger partial charge >= 0.3 is 0 Å². The number of nitrogens with one attached hydrogen (secondary N) is 2. The van der Waals surface area contributed by atoms with Crippen molar-refractivity contribution in [1.82, 2.24) is 10.3 Å². The summed E-state index contributed by atoms with van der Waals surface area (Å²) in [5, 5.41) is 13.2. The maximum Gasteiger partial charge on any atom is 0.287 e. The molecule has 0 saturated carbocycles. The molecule has 0 aliphatic heterocycles. The first-order valence-electron chi connectivity index (χ1n) is 5.42. The van der Waals surface area contributed by atoms with Crippen molar-refractivity contribution < 1.29 is 9.72 Å². The second kappa shape index (κ2) is 5.66. The van der Waals surface area contributed by atoms with Crippen LogP contribution in [-0.2, 0) is 6.54 Å². The SMILES string of the molecule is O=C(NCc1ccc(Br)cc1)c1cc([N+](=O)[O-])c[nH]1. The summed E-state index contributed by atoms with van der Waals surface area (Å²) in [6.07, 6.45) is 1.19. The highest BCUT2D eigenvalue weighted by Crippen LogP contribution is 2.13. The molecule has 1 heterocycles. The molecule has 0 atom stereocenters. The molecule has 2 N–H and O–H groups in total. The summed E-state index contributed by atoms with van der Waals surface area (Å²) >= 11 is 3.32. The predicted molar refractivity (Wildman–Crippen MR) is 72.8 cm³/mol. The van der Waals surface area contributed by atoms with E-state index in [2.05, 4.69) is 26.2 Å². The summed E-state index contributed by atoms with van der Waals surface area (Å²) < 4.78 is 0.961. The Morgan fingerprint density at radius 1 is 1.37 bits per heavy atom. The lowest BCUT2D eigenvalue weighted by Crippen LogP contribution is -2.22. The fraction of sp³-hybridized carbons (Fsp3) is 0.0833. The van der Waals surface area contributed by atoms with Crippen molar-refractivity contribution in [2.24, 2.45) is 0 Å². The topological polar surface area (TPSA) is 88.0 Å². The van der Waals surface area contributed by atoms with Crippen LogP contribution >= 0.6 is 15.9 Å². The van der Waals surface area contributed by atoms with Gasteiger partial charge in [-0.1, -0.05) is 28.1 Å². The molecule has 1 aromatic heterocycles. The fourth-order valence-electron chi connectivity index (χ4n) is 1.50. The predicted octanol–water partition coefficient (Wildman–Crippen LogP) is 2.62. The first-order chi connectivity index (χ1) is 9.06. The highest BCUT2D eigenvalue weighted by Gasteiger charge is 2.13. The zero-order valence-electron chi connectivity index (χ0n) is 9.72. The third kappa shape index (κ3) is 3.41. The zero-order valence-corrected chi connectivity index (χ0v) is 11.3. The van der Waals surface area contributed by atoms with Crippen LogP contribution in [0.3, 0.4) is 0 Å². The number of nitro groups is 1. The molecule has 2 aromatic rings. The van der Waals surface area contributed by atoms with E-state index < -0.39 is 4.92 Å². The van der Waals surface area contributed by atoms with Gasteiger partial charge in [-0.2, -0.15) is 0 Å². The molecule has 0 aliphatic carbocycles. The Bertz CT molecular complexity index is 607. The first-order valence-corrected chi connectivity index (χ1v) is 6.21. The molecule has 0 saturated heterocycles. The van der Waals surface area contributed by atoms with E-state index in [-0.39, 0.29) is 17.3 Å². The summed E-state index contributed by atoms with van der Waals surface area (Å²) in [4.78, 5) is 24.3. The molecule has 2 rings (SSSR count). The van der Waals surface area contributed by atoms with Gasteiger partial charge in [0.25, 0.3) is 11.6 Å². The number of carbonyl (C=O) groups excluding carboxylic acids is 1. The van der Waals surface area contributed by atoms with Crippen molar-refractivity contribution in [1.29, 1.82) is 0 Å². The molecule has 19 heavy (non-hydrogen) atoms. The number of nitrogens with zero attached hydrogens (tertiary/aromatic N) is 1. The van der Waals surface area contributed by atoms with Crippen molar-refractivity contribution >= 4 is 27.5 Å². The van der Waals surface area contributed by atoms with Gasteiger partial charge in [0.2, 0.25) is 0 Å². The van der Waals surface area contributed by atoms with Gasteiger partial charge in [0.15, 0.2) is 0 Å². The molecule has 0 aliphatic rings. The number of carbonyl (C=O) groups is 1. The van der Waals surface area contributed by atoms with Crippen LogP contribution < -0.4 is 5.32 Å². The molecule has 6 nitrogen and oxygen atoms in total. The lowest BCUT2D eigenvalue weighted by atomic mass is 10.2. The maximum absolute atomic E-state index is 11.7. The van der Waals surface area contributed by atoms with Crippen LogP contribution in [0.2, 0.25) is 0 Å². The molecule has 0 unspecified atom stereocenters. The van der Waals surface area contributed by atoms with Crippen LogP contribution in [0.5, 0.6) is 0 Å². The monoisotopic (exact) mass is 323 g/mol. The third-order valence-corrected chi connectivity index (χ3v) is 3.02. The van der Waals surface area contributed by atoms with Crippen LogP contribution in [0.15, 0.2) is 41.0 Å². The first kappa shape index (κ1) is 13.3. The average Bonchev–Trinajstić information content (AvgIpc) is 2.87. The molecule has 0 fully saturated rings. The van der Waals surface area contributed by atoms with Crippen molar-refractivity contribution in [3.05, 3.63) is 62.4 Å². The Labute approximate surface area is 117 Å². The van der Waals surface area contributed by atoms with Crippen LogP contribution in [0.4, 0.5) is 5.69 Å². The lowest BCUT2D eigenvalue weighted by Gasteiger charge is -2.03. The standard InChI is InChI=1S/C12H10BrN3O3/c13-9-3-1-8(2-4-9)6-15-12(17)11-5-10(7-14-11)16(18)19/h1-5,7,14H,6H2,(H,15,17). The Morgan fingerprint density at radius 2 is 2.05 bits per heavy atom. The molecule has 1 aromatic carbocycles. The van der Waals surface area contributed by atoms with Gasteiger partial charge in [-0.3, -0.25) is 14.9 Å². The number of aromatic nitrogens is 1. The Kier molecular flexibility index (Phi) is 3.96. The average molecular weight is 324 g/mol. The largest absolute Gasteiger partial charge is 0.351 e. The van der Waals surface area contributed by atoms with Gasteiger partial charge in [-0.15, -0.1) is 0 Å². The van der Waals surface area contributed by atoms with Gasteiger partial charge in [-0.25, -0.2) is 0 Å². The van der Waals surface area contributed by atoms with E-state index in [1.165, 1.54) is 12.3 Å². The quantitative estimate of drug-likeness (QED) is 0.669. The van der Waals surface area contributed by atoms with Gasteiger partial charge in [-0.05, 0) is 17.7 Å². The van der Waals surface area contributed by atoms with Crippen molar-refractivity contribution in [3.8, 4) is 0 Å². The summed E-state index contributed by atoms with van der Waals surface area (Å²) in [5.74, 6) is -0.379. The fourth-order valence-corrected chi connectivity index (χ4v) is 1.76. The van der Waals surface area contributed by atoms with E-state index >= 15 is 0 Å². The van der Waals surface area contributed by atoms with Crippen LogP contribution in [0.25, 0.3) is 0 Å². The number of benzene rings is 1. The molecular weight excluding hydrogens is 314 g/mol. The van der Waals surface area contributed by atoms with Gasteiger partial charge in [0.1, 0.15) is 5.69 Å². The van der Waals surface area contributed by atoms with Crippen LogP contribution in [0, 0.1) is 10.1 Å². The van der Waals surface area contributed by atoms with E-state index in [1.54, 1.807) is 0 Å². The minimum atomic E-state index is -0.554. The number of hydrogen-bond acceptors (Lipinski definition) is 3. The lowest BCUT2D eigenvalue weighted by molar-refractivity contribution is -0.384. The van der Waals surface area contributed by atoms with Crippen molar-refractivity contribution in [2.45, 2.75) is 6.54 Å². The molecule has 0 bridgehead atoms. The molecule has 0 radical (unpaired) electrons. The van der Waals surface area contributed by atoms with E-state index in [4.69, 9.17) is 0 Å². The van der Waals surface area contributed by atoms with E-state index in [1.807, 2.05) is 24.3 Å². The normalized spacial score (nSPS) is 10.2. The number of halogens is 1. The Hall–Kier alpha value is -2.15. The highest BCUT2D eigenvalue weighted by molar-refractivity contribution is 9.10. The Balaban J connectivity index is 1.97.